The number of piperazine rings is 1. The zero-order chi connectivity index (χ0) is 20.0. The minimum Gasteiger partial charge on any atom is -0.396 e. The number of carbonyl (C=O) groups excluding carboxylic acids is 1. The fourth-order valence-electron chi connectivity index (χ4n) is 3.28. The zero-order valence-electron chi connectivity index (χ0n) is 14.3. The van der Waals surface area contributed by atoms with Crippen molar-refractivity contribution in [1.29, 1.82) is 0 Å². The van der Waals surface area contributed by atoms with E-state index in [4.69, 9.17) is 17.3 Å². The Morgan fingerprint density at radius 2 is 1.85 bits per heavy atom. The van der Waals surface area contributed by atoms with E-state index in [-0.39, 0.29) is 60.4 Å². The molecule has 2 heterocycles. The van der Waals surface area contributed by atoms with Crippen LogP contribution in [0.5, 0.6) is 0 Å². The monoisotopic (exact) mass is 439 g/mol. The van der Waals surface area contributed by atoms with Gasteiger partial charge >= 0.3 is 0 Å². The SMILES string of the molecule is Nc1c(F)cc(Cl)cc1C(=O)N1CCN(S(=O)(=O)[C@@H]2CCS(=O)(=O)C2)CC1. The molecule has 0 spiro atoms. The molecule has 2 aliphatic rings. The first-order valence-corrected chi connectivity index (χ1v) is 11.9. The van der Waals surface area contributed by atoms with Crippen LogP contribution in [0.4, 0.5) is 10.1 Å². The molecule has 0 aliphatic carbocycles. The maximum atomic E-state index is 13.7. The van der Waals surface area contributed by atoms with Gasteiger partial charge in [0.2, 0.25) is 10.0 Å². The molecule has 27 heavy (non-hydrogen) atoms. The summed E-state index contributed by atoms with van der Waals surface area (Å²) in [6.45, 7) is 0.247. The van der Waals surface area contributed by atoms with Gasteiger partial charge in [0.25, 0.3) is 5.91 Å². The Balaban J connectivity index is 1.70. The summed E-state index contributed by atoms with van der Waals surface area (Å²) in [4.78, 5) is 14.0. The first-order valence-electron chi connectivity index (χ1n) is 8.24. The number of sulfonamides is 1. The van der Waals surface area contributed by atoms with Crippen molar-refractivity contribution in [3.05, 3.63) is 28.5 Å². The Bertz CT molecular complexity index is 975. The molecule has 1 atom stereocenters. The van der Waals surface area contributed by atoms with E-state index in [1.54, 1.807) is 0 Å². The number of amides is 1. The minimum atomic E-state index is -3.76. The van der Waals surface area contributed by atoms with E-state index < -0.39 is 36.8 Å². The highest BCUT2D eigenvalue weighted by atomic mass is 35.5. The molecular weight excluding hydrogens is 421 g/mol. The first-order chi connectivity index (χ1) is 12.5. The Labute approximate surface area is 162 Å². The van der Waals surface area contributed by atoms with Gasteiger partial charge in [-0.2, -0.15) is 4.31 Å². The van der Waals surface area contributed by atoms with Gasteiger partial charge in [0.15, 0.2) is 9.84 Å². The van der Waals surface area contributed by atoms with Crippen LogP contribution in [0.1, 0.15) is 16.8 Å². The fraction of sp³-hybridized carbons (Fsp3) is 0.533. The molecule has 1 amide bonds. The van der Waals surface area contributed by atoms with E-state index in [1.807, 2.05) is 0 Å². The lowest BCUT2D eigenvalue weighted by atomic mass is 10.1. The van der Waals surface area contributed by atoms with Crippen LogP contribution in [0.15, 0.2) is 12.1 Å². The highest BCUT2D eigenvalue weighted by Crippen LogP contribution is 2.26. The first kappa shape index (κ1) is 20.3. The quantitative estimate of drug-likeness (QED) is 0.678. The molecule has 2 aliphatic heterocycles. The number of halogens is 2. The van der Waals surface area contributed by atoms with Crippen molar-refractivity contribution in [1.82, 2.24) is 9.21 Å². The maximum Gasteiger partial charge on any atom is 0.256 e. The molecule has 0 radical (unpaired) electrons. The van der Waals surface area contributed by atoms with Gasteiger partial charge in [0, 0.05) is 31.2 Å². The smallest absolute Gasteiger partial charge is 0.256 e. The normalized spacial score (nSPS) is 23.5. The van der Waals surface area contributed by atoms with Gasteiger partial charge in [0.05, 0.1) is 28.0 Å². The topological polar surface area (TPSA) is 118 Å². The molecule has 0 saturated carbocycles. The van der Waals surface area contributed by atoms with Crippen molar-refractivity contribution in [2.75, 3.05) is 43.4 Å². The largest absolute Gasteiger partial charge is 0.396 e. The zero-order valence-corrected chi connectivity index (χ0v) is 16.7. The number of carbonyl (C=O) groups is 1. The number of sulfone groups is 1. The molecule has 2 fully saturated rings. The van der Waals surface area contributed by atoms with E-state index >= 15 is 0 Å². The van der Waals surface area contributed by atoms with Crippen LogP contribution in [0.2, 0.25) is 5.02 Å². The number of nitrogens with two attached hydrogens (primary N) is 1. The molecule has 1 aromatic rings. The number of hydrogen-bond donors (Lipinski definition) is 1. The van der Waals surface area contributed by atoms with Crippen molar-refractivity contribution < 1.29 is 26.0 Å². The lowest BCUT2D eigenvalue weighted by Crippen LogP contribution is -2.52. The van der Waals surface area contributed by atoms with Gasteiger partial charge in [0.1, 0.15) is 5.82 Å². The van der Waals surface area contributed by atoms with Crippen LogP contribution in [-0.4, -0.2) is 74.9 Å². The molecule has 2 saturated heterocycles. The van der Waals surface area contributed by atoms with Crippen LogP contribution in [0, 0.1) is 5.82 Å². The molecule has 0 unspecified atom stereocenters. The van der Waals surface area contributed by atoms with Gasteiger partial charge < -0.3 is 10.6 Å². The van der Waals surface area contributed by atoms with E-state index in [0.29, 0.717) is 0 Å². The third kappa shape index (κ3) is 4.05. The molecule has 150 valence electrons. The van der Waals surface area contributed by atoms with Gasteiger partial charge in [-0.05, 0) is 18.6 Å². The summed E-state index contributed by atoms with van der Waals surface area (Å²) in [6, 6.07) is 2.28. The van der Waals surface area contributed by atoms with Crippen molar-refractivity contribution in [2.45, 2.75) is 11.7 Å². The Hall–Kier alpha value is -1.43. The highest BCUT2D eigenvalue weighted by Gasteiger charge is 2.41. The second-order valence-corrected chi connectivity index (χ2v) is 11.5. The molecule has 0 bridgehead atoms. The van der Waals surface area contributed by atoms with Crippen molar-refractivity contribution in [3.63, 3.8) is 0 Å². The van der Waals surface area contributed by atoms with E-state index in [1.165, 1.54) is 15.3 Å². The summed E-state index contributed by atoms with van der Waals surface area (Å²) in [5.41, 5.74) is 5.24. The van der Waals surface area contributed by atoms with Gasteiger partial charge in [-0.15, -0.1) is 0 Å². The Morgan fingerprint density at radius 3 is 2.41 bits per heavy atom. The summed E-state index contributed by atoms with van der Waals surface area (Å²) < 4.78 is 63.3. The number of hydrogen-bond acceptors (Lipinski definition) is 6. The van der Waals surface area contributed by atoms with Crippen LogP contribution < -0.4 is 5.73 Å². The molecule has 12 heteroatoms. The predicted molar refractivity (Wildman–Crippen MR) is 99.3 cm³/mol. The predicted octanol–water partition coefficient (Wildman–Crippen LogP) is 0.336. The van der Waals surface area contributed by atoms with Crippen molar-refractivity contribution in [2.24, 2.45) is 0 Å². The van der Waals surface area contributed by atoms with Crippen LogP contribution in [0.3, 0.4) is 0 Å². The standard InChI is InChI=1S/C15H19ClFN3O5S2/c16-10-7-12(14(18)13(17)8-10)15(21)19-2-4-20(5-3-19)27(24,25)11-1-6-26(22,23)9-11/h7-8,11H,1-6,9,18H2/t11-/m1/s1. The second-order valence-electron chi connectivity index (χ2n) is 6.61. The summed E-state index contributed by atoms with van der Waals surface area (Å²) in [7, 11) is -7.08. The summed E-state index contributed by atoms with van der Waals surface area (Å²) in [6.07, 6.45) is 0.0855. The molecule has 2 N–H and O–H groups in total. The lowest BCUT2D eigenvalue weighted by molar-refractivity contribution is 0.0698. The van der Waals surface area contributed by atoms with Gasteiger partial charge in [-0.3, -0.25) is 4.79 Å². The number of anilines is 1. The number of benzene rings is 1. The third-order valence-corrected chi connectivity index (χ3v) is 9.35. The summed E-state index contributed by atoms with van der Waals surface area (Å²) in [5.74, 6) is -1.83. The van der Waals surface area contributed by atoms with Crippen molar-refractivity contribution in [3.8, 4) is 0 Å². The second kappa shape index (κ2) is 7.19. The highest BCUT2D eigenvalue weighted by molar-refractivity contribution is 7.95. The Kier molecular flexibility index (Phi) is 5.41. The average molecular weight is 440 g/mol. The molecule has 3 rings (SSSR count). The van der Waals surface area contributed by atoms with E-state index in [9.17, 15) is 26.0 Å². The van der Waals surface area contributed by atoms with Gasteiger partial charge in [-0.25, -0.2) is 21.2 Å². The van der Waals surface area contributed by atoms with E-state index in [0.717, 1.165) is 6.07 Å². The van der Waals surface area contributed by atoms with Crippen LogP contribution >= 0.6 is 11.6 Å². The lowest BCUT2D eigenvalue weighted by Gasteiger charge is -2.35. The average Bonchev–Trinajstić information content (AvgIpc) is 2.98. The Morgan fingerprint density at radius 1 is 1.22 bits per heavy atom. The summed E-state index contributed by atoms with van der Waals surface area (Å²) in [5, 5.41) is -0.906. The minimum absolute atomic E-state index is 0.0353. The fourth-order valence-corrected chi connectivity index (χ4v) is 8.00. The molecule has 8 nitrogen and oxygen atoms in total. The van der Waals surface area contributed by atoms with Gasteiger partial charge in [-0.1, -0.05) is 11.6 Å². The number of nitrogen functional groups attached to an aromatic ring is 1. The van der Waals surface area contributed by atoms with Crippen LogP contribution in [0.25, 0.3) is 0 Å². The summed E-state index contributed by atoms with van der Waals surface area (Å²) >= 11 is 5.78. The molecule has 1 aromatic carbocycles. The molecule has 0 aromatic heterocycles. The van der Waals surface area contributed by atoms with E-state index in [2.05, 4.69) is 0 Å². The van der Waals surface area contributed by atoms with Crippen LogP contribution in [-0.2, 0) is 19.9 Å². The third-order valence-electron chi connectivity index (χ3n) is 4.82. The number of nitrogens with zero attached hydrogens (tertiary/aromatic N) is 2. The maximum absolute atomic E-state index is 13.7. The number of rotatable bonds is 3. The van der Waals surface area contributed by atoms with Crippen molar-refractivity contribution >= 4 is 43.1 Å². The molecular formula is C15H19ClFN3O5S2.